The van der Waals surface area contributed by atoms with E-state index in [9.17, 15) is 9.90 Å². The molecule has 2 N–H and O–H groups in total. The molecular formula is C20H24N4O2. The highest BCUT2D eigenvalue weighted by Crippen LogP contribution is 2.25. The summed E-state index contributed by atoms with van der Waals surface area (Å²) in [4.78, 5) is 18.4. The Bertz CT molecular complexity index is 983. The normalized spacial score (nSPS) is 15.8. The van der Waals surface area contributed by atoms with Crippen molar-refractivity contribution in [1.29, 1.82) is 0 Å². The fraction of sp³-hybridized carbons (Fsp3) is 0.400. The number of amides is 1. The van der Waals surface area contributed by atoms with E-state index in [1.54, 1.807) is 6.92 Å². The van der Waals surface area contributed by atoms with Crippen molar-refractivity contribution in [3.63, 3.8) is 0 Å². The molecule has 136 valence electrons. The maximum absolute atomic E-state index is 13.2. The summed E-state index contributed by atoms with van der Waals surface area (Å²) >= 11 is 0. The number of benzene rings is 1. The van der Waals surface area contributed by atoms with Crippen molar-refractivity contribution in [2.45, 2.75) is 46.4 Å². The topological polar surface area (TPSA) is 74.2 Å². The van der Waals surface area contributed by atoms with Crippen LogP contribution in [0.4, 0.5) is 0 Å². The molecule has 1 aliphatic rings. The minimum absolute atomic E-state index is 0.0181. The molecule has 1 amide bonds. The highest BCUT2D eigenvalue weighted by molar-refractivity contribution is 6.01. The number of carbonyl (C=O) groups is 1. The van der Waals surface area contributed by atoms with Gasteiger partial charge in [-0.2, -0.15) is 5.10 Å². The molecule has 1 atom stereocenters. The number of nitrogens with zero attached hydrogens (tertiary/aromatic N) is 3. The van der Waals surface area contributed by atoms with Crippen LogP contribution < -0.4 is 0 Å². The summed E-state index contributed by atoms with van der Waals surface area (Å²) in [6.07, 6.45) is 0.246. The van der Waals surface area contributed by atoms with E-state index in [1.165, 1.54) is 5.56 Å². The summed E-state index contributed by atoms with van der Waals surface area (Å²) in [5, 5.41) is 15.3. The molecule has 3 aromatic rings. The van der Waals surface area contributed by atoms with Crippen LogP contribution in [0, 0.1) is 13.8 Å². The molecule has 1 unspecified atom stereocenters. The summed E-state index contributed by atoms with van der Waals surface area (Å²) in [5.41, 5.74) is 5.46. The van der Waals surface area contributed by atoms with Crippen molar-refractivity contribution in [2.24, 2.45) is 0 Å². The number of rotatable bonds is 2. The lowest BCUT2D eigenvalue weighted by molar-refractivity contribution is 0.0740. The first-order valence-electron chi connectivity index (χ1n) is 9.07. The van der Waals surface area contributed by atoms with E-state index < -0.39 is 6.10 Å². The molecule has 2 aromatic heterocycles. The van der Waals surface area contributed by atoms with E-state index in [2.05, 4.69) is 29.1 Å². The van der Waals surface area contributed by atoms with Crippen LogP contribution in [0.2, 0.25) is 0 Å². The van der Waals surface area contributed by atoms with Crippen LogP contribution >= 0.6 is 0 Å². The van der Waals surface area contributed by atoms with Crippen LogP contribution in [0.5, 0.6) is 0 Å². The summed E-state index contributed by atoms with van der Waals surface area (Å²) in [7, 11) is 0. The van der Waals surface area contributed by atoms with Gasteiger partial charge >= 0.3 is 0 Å². The van der Waals surface area contributed by atoms with Gasteiger partial charge in [-0.15, -0.1) is 0 Å². The minimum atomic E-state index is -0.599. The number of H-pyrrole nitrogens is 1. The Balaban J connectivity index is 1.66. The summed E-state index contributed by atoms with van der Waals surface area (Å²) in [6, 6.07) is 8.09. The third kappa shape index (κ3) is 2.80. The fourth-order valence-electron chi connectivity index (χ4n) is 3.67. The molecule has 1 aliphatic heterocycles. The maximum Gasteiger partial charge on any atom is 0.270 e. The zero-order valence-electron chi connectivity index (χ0n) is 15.4. The lowest BCUT2D eigenvalue weighted by atomic mass is 10.1. The Kier molecular flexibility index (Phi) is 4.07. The van der Waals surface area contributed by atoms with E-state index in [-0.39, 0.29) is 5.91 Å². The number of aromatic amines is 1. The van der Waals surface area contributed by atoms with Crippen molar-refractivity contribution < 1.29 is 9.90 Å². The van der Waals surface area contributed by atoms with E-state index in [4.69, 9.17) is 0 Å². The number of aryl methyl sites for hydroxylation is 3. The molecule has 3 heterocycles. The Morgan fingerprint density at radius 3 is 2.85 bits per heavy atom. The minimum Gasteiger partial charge on any atom is -0.387 e. The molecule has 0 fully saturated rings. The highest BCUT2D eigenvalue weighted by Gasteiger charge is 2.25. The highest BCUT2D eigenvalue weighted by atomic mass is 16.3. The van der Waals surface area contributed by atoms with Crippen LogP contribution in [0.3, 0.4) is 0 Å². The molecule has 1 aromatic carbocycles. The smallest absolute Gasteiger partial charge is 0.270 e. The van der Waals surface area contributed by atoms with Gasteiger partial charge in [0, 0.05) is 24.0 Å². The third-order valence-electron chi connectivity index (χ3n) is 5.18. The van der Waals surface area contributed by atoms with Crippen LogP contribution in [0.15, 0.2) is 24.3 Å². The van der Waals surface area contributed by atoms with E-state index in [0.717, 1.165) is 35.1 Å². The average Bonchev–Trinajstić information content (AvgIpc) is 3.09. The van der Waals surface area contributed by atoms with Gasteiger partial charge in [-0.1, -0.05) is 11.6 Å². The van der Waals surface area contributed by atoms with Gasteiger partial charge in [-0.3, -0.25) is 9.48 Å². The summed E-state index contributed by atoms with van der Waals surface area (Å²) in [6.45, 7) is 7.73. The number of aliphatic hydroxyl groups excluding tert-OH is 1. The van der Waals surface area contributed by atoms with Gasteiger partial charge in [0.05, 0.1) is 24.0 Å². The Labute approximate surface area is 152 Å². The number of hydrogen-bond donors (Lipinski definition) is 2. The SMILES string of the molecule is Cc1ccc2[nH]c(C(=O)N3CCCn4nc(C(C)O)cc4C3)c(C)c2c1. The first kappa shape index (κ1) is 16.8. The van der Waals surface area contributed by atoms with Crippen LogP contribution in [-0.2, 0) is 13.1 Å². The van der Waals surface area contributed by atoms with Gasteiger partial charge in [0.15, 0.2) is 0 Å². The zero-order chi connectivity index (χ0) is 18.4. The Morgan fingerprint density at radius 2 is 2.08 bits per heavy atom. The number of hydrogen-bond acceptors (Lipinski definition) is 3. The van der Waals surface area contributed by atoms with Crippen LogP contribution in [0.25, 0.3) is 10.9 Å². The van der Waals surface area contributed by atoms with E-state index in [1.807, 2.05) is 28.6 Å². The molecule has 0 saturated heterocycles. The monoisotopic (exact) mass is 352 g/mol. The zero-order valence-corrected chi connectivity index (χ0v) is 15.4. The van der Waals surface area contributed by atoms with Gasteiger partial charge in [0.2, 0.25) is 0 Å². The first-order valence-corrected chi connectivity index (χ1v) is 9.07. The predicted molar refractivity (Wildman–Crippen MR) is 100.0 cm³/mol. The lowest BCUT2D eigenvalue weighted by Crippen LogP contribution is -2.31. The quantitative estimate of drug-likeness (QED) is 0.744. The summed E-state index contributed by atoms with van der Waals surface area (Å²) in [5.74, 6) is 0.0181. The van der Waals surface area contributed by atoms with Crippen molar-refractivity contribution in [2.75, 3.05) is 6.54 Å². The standard InChI is InChI=1S/C20H24N4O2/c1-12-5-6-17-16(9-12)13(2)19(21-17)20(26)23-7-4-8-24-15(11-23)10-18(22-24)14(3)25/h5-6,9-10,14,21,25H,4,7-8,11H2,1-3H3. The van der Waals surface area contributed by atoms with Crippen molar-refractivity contribution in [3.8, 4) is 0 Å². The molecule has 0 bridgehead atoms. The van der Waals surface area contributed by atoms with Crippen molar-refractivity contribution in [3.05, 3.63) is 52.5 Å². The van der Waals surface area contributed by atoms with Crippen molar-refractivity contribution in [1.82, 2.24) is 19.7 Å². The molecule has 0 spiro atoms. The van der Waals surface area contributed by atoms with Gasteiger partial charge in [-0.05, 0) is 51.0 Å². The van der Waals surface area contributed by atoms with E-state index >= 15 is 0 Å². The Hall–Kier alpha value is -2.60. The number of nitrogens with one attached hydrogen (secondary N) is 1. The van der Waals surface area contributed by atoms with Gasteiger partial charge < -0.3 is 15.0 Å². The number of aliphatic hydroxyl groups is 1. The lowest BCUT2D eigenvalue weighted by Gasteiger charge is -2.19. The molecular weight excluding hydrogens is 328 g/mol. The van der Waals surface area contributed by atoms with Crippen LogP contribution in [-0.4, -0.2) is 37.2 Å². The predicted octanol–water partition coefficient (Wildman–Crippen LogP) is 3.08. The number of aromatic nitrogens is 3. The number of carbonyl (C=O) groups excluding carboxylic acids is 1. The largest absolute Gasteiger partial charge is 0.387 e. The van der Waals surface area contributed by atoms with Gasteiger partial charge in [0.1, 0.15) is 5.69 Å². The molecule has 0 saturated carbocycles. The molecule has 6 nitrogen and oxygen atoms in total. The van der Waals surface area contributed by atoms with Crippen LogP contribution in [0.1, 0.15) is 52.5 Å². The second kappa shape index (κ2) is 6.29. The fourth-order valence-corrected chi connectivity index (χ4v) is 3.67. The summed E-state index contributed by atoms with van der Waals surface area (Å²) < 4.78 is 1.91. The Morgan fingerprint density at radius 1 is 1.27 bits per heavy atom. The van der Waals surface area contributed by atoms with Gasteiger partial charge in [-0.25, -0.2) is 0 Å². The van der Waals surface area contributed by atoms with E-state index in [0.29, 0.717) is 24.5 Å². The van der Waals surface area contributed by atoms with Crippen molar-refractivity contribution >= 4 is 16.8 Å². The third-order valence-corrected chi connectivity index (χ3v) is 5.18. The molecule has 6 heteroatoms. The first-order chi connectivity index (χ1) is 12.4. The molecule has 0 radical (unpaired) electrons. The second-order valence-electron chi connectivity index (χ2n) is 7.21. The molecule has 0 aliphatic carbocycles. The second-order valence-corrected chi connectivity index (χ2v) is 7.21. The maximum atomic E-state index is 13.2. The number of fused-ring (bicyclic) bond motifs is 2. The molecule has 4 rings (SSSR count). The average molecular weight is 352 g/mol. The molecule has 26 heavy (non-hydrogen) atoms. The van der Waals surface area contributed by atoms with Gasteiger partial charge in [0.25, 0.3) is 5.91 Å².